The molecule has 6 aliphatic heterocycles. The molecule has 6 aliphatic rings. The number of halogens is 6. The smallest absolute Gasteiger partial charge is 0.254 e. The van der Waals surface area contributed by atoms with Crippen molar-refractivity contribution < 1.29 is 71.4 Å². The lowest BCUT2D eigenvalue weighted by molar-refractivity contribution is -0.121. The Morgan fingerprint density at radius 1 is 0.361 bits per heavy atom. The van der Waals surface area contributed by atoms with Crippen molar-refractivity contribution in [3.8, 4) is 0 Å². The molecule has 0 radical (unpaired) electrons. The third kappa shape index (κ3) is 25.8. The van der Waals surface area contributed by atoms with Gasteiger partial charge in [-0.15, -0.1) is 0 Å². The van der Waals surface area contributed by atoms with Gasteiger partial charge >= 0.3 is 0 Å². The number of nitrogens with two attached hydrogens (primary N) is 1. The summed E-state index contributed by atoms with van der Waals surface area (Å²) >= 11 is 39.2. The molecule has 6 heterocycles. The topological polar surface area (TPSA) is 267 Å². The number of fused-ring (bicyclic) bond motifs is 6. The first kappa shape index (κ1) is 91.6. The van der Waals surface area contributed by atoms with E-state index in [1.807, 2.05) is 54.6 Å². The van der Waals surface area contributed by atoms with Crippen LogP contribution in [0.3, 0.4) is 0 Å². The van der Waals surface area contributed by atoms with Gasteiger partial charge in [-0.1, -0.05) is 106 Å². The van der Waals surface area contributed by atoms with Gasteiger partial charge in [0, 0.05) is 188 Å². The molecule has 0 saturated carbocycles. The number of nitrogens with zero attached hydrogens (tertiary/aromatic N) is 6. The predicted octanol–water partition coefficient (Wildman–Crippen LogP) is 11.1. The summed E-state index contributed by atoms with van der Waals surface area (Å²) in [6.07, 6.45) is 0.836. The van der Waals surface area contributed by atoms with E-state index in [4.69, 9.17) is 118 Å². The van der Waals surface area contributed by atoms with Crippen molar-refractivity contribution in [3.63, 3.8) is 0 Å². The minimum atomic E-state index is -1.03. The minimum absolute atomic E-state index is 0.0192. The Balaban J connectivity index is 0.495. The molecule has 0 saturated heterocycles. The number of benzene rings is 6. The molecule has 31 heteroatoms. The number of hydrogen-bond donors (Lipinski definition) is 4. The molecule has 119 heavy (non-hydrogen) atoms. The summed E-state index contributed by atoms with van der Waals surface area (Å²) < 4.78 is 51.8. The minimum Gasteiger partial charge on any atom is -0.377 e. The van der Waals surface area contributed by atoms with Gasteiger partial charge in [0.25, 0.3) is 17.7 Å². The van der Waals surface area contributed by atoms with Gasteiger partial charge in [-0.3, -0.25) is 28.8 Å². The highest BCUT2D eigenvalue weighted by atomic mass is 35.5. The van der Waals surface area contributed by atoms with Crippen LogP contribution in [0, 0.1) is 0 Å². The summed E-state index contributed by atoms with van der Waals surface area (Å²) in [5.41, 5.74) is 20.6. The van der Waals surface area contributed by atoms with Crippen molar-refractivity contribution in [2.45, 2.75) is 101 Å². The second-order valence-electron chi connectivity index (χ2n) is 31.5. The van der Waals surface area contributed by atoms with Gasteiger partial charge < -0.3 is 93.7 Å². The zero-order valence-corrected chi connectivity index (χ0v) is 72.7. The molecule has 3 atom stereocenters. The molecule has 12 rings (SSSR count). The predicted molar refractivity (Wildman–Crippen MR) is 458 cm³/mol. The summed E-state index contributed by atoms with van der Waals surface area (Å²) in [5.74, 6) is -0.703. The lowest BCUT2D eigenvalue weighted by atomic mass is 9.84. The van der Waals surface area contributed by atoms with E-state index in [0.717, 1.165) is 106 Å². The Morgan fingerprint density at radius 2 is 0.613 bits per heavy atom. The zero-order chi connectivity index (χ0) is 84.0. The van der Waals surface area contributed by atoms with E-state index >= 15 is 0 Å². The van der Waals surface area contributed by atoms with Gasteiger partial charge in [0.1, 0.15) is 0 Å². The first-order chi connectivity index (χ1) is 57.5. The van der Waals surface area contributed by atoms with E-state index in [9.17, 15) is 28.8 Å². The number of amides is 6. The van der Waals surface area contributed by atoms with E-state index < -0.39 is 5.54 Å². The Kier molecular flexibility index (Phi) is 34.7. The van der Waals surface area contributed by atoms with Gasteiger partial charge in [0.05, 0.1) is 119 Å². The number of hydrogen-bond acceptors (Lipinski definition) is 19. The average Bonchev–Trinajstić information content (AvgIpc) is 1.76. The molecule has 0 aromatic heterocycles. The van der Waals surface area contributed by atoms with Crippen LogP contribution in [0.2, 0.25) is 30.1 Å². The fraction of sp³-hybridized carbons (Fsp3) is 0.523. The molecule has 6 aromatic rings. The molecule has 6 aromatic carbocycles. The van der Waals surface area contributed by atoms with Crippen LogP contribution in [0.1, 0.15) is 154 Å². The van der Waals surface area contributed by atoms with Crippen LogP contribution in [-0.2, 0) is 96.3 Å². The molecule has 0 aliphatic carbocycles. The van der Waals surface area contributed by atoms with E-state index in [2.05, 4.69) is 70.0 Å². The highest BCUT2D eigenvalue weighted by molar-refractivity contribution is 6.36. The van der Waals surface area contributed by atoms with Crippen LogP contribution in [-0.4, -0.2) is 269 Å². The van der Waals surface area contributed by atoms with E-state index in [0.29, 0.717) is 185 Å². The molecular weight excluding hydrogens is 1650 g/mol. The monoisotopic (exact) mass is 1760 g/mol. The van der Waals surface area contributed by atoms with Crippen molar-refractivity contribution in [3.05, 3.63) is 205 Å². The van der Waals surface area contributed by atoms with Gasteiger partial charge in [0.15, 0.2) is 0 Å². The number of carbonyl (C=O) groups excluding carboxylic acids is 6. The molecule has 3 unspecified atom stereocenters. The van der Waals surface area contributed by atoms with Crippen molar-refractivity contribution in [1.29, 1.82) is 0 Å². The lowest BCUT2D eigenvalue weighted by Crippen LogP contribution is -2.44. The number of ether oxygens (including phenoxy) is 9. The number of carbonyl (C=O) groups is 6. The van der Waals surface area contributed by atoms with Gasteiger partial charge in [0.2, 0.25) is 17.7 Å². The third-order valence-electron chi connectivity index (χ3n) is 22.7. The highest BCUT2D eigenvalue weighted by Crippen LogP contribution is 2.44. The first-order valence-electron chi connectivity index (χ1n) is 41.1. The molecule has 0 fully saturated rings. The number of rotatable bonds is 48. The fourth-order valence-corrected chi connectivity index (χ4v) is 18.1. The van der Waals surface area contributed by atoms with Crippen molar-refractivity contribution in [1.82, 2.24) is 45.3 Å². The largest absolute Gasteiger partial charge is 0.377 e. The Hall–Kier alpha value is -6.64. The normalized spacial score (nSPS) is 17.6. The summed E-state index contributed by atoms with van der Waals surface area (Å²) in [5, 5.41) is 12.4. The molecule has 25 nitrogen and oxygen atoms in total. The van der Waals surface area contributed by atoms with Crippen LogP contribution in [0.25, 0.3) is 0 Å². The van der Waals surface area contributed by atoms with E-state index in [1.54, 1.807) is 32.9 Å². The molecular formula is C88H110Cl6N10O15. The Labute approximate surface area is 727 Å². The van der Waals surface area contributed by atoms with Gasteiger partial charge in [-0.05, 0) is 162 Å². The maximum Gasteiger partial charge on any atom is 0.254 e. The van der Waals surface area contributed by atoms with E-state index in [1.165, 1.54) is 0 Å². The van der Waals surface area contributed by atoms with Crippen molar-refractivity contribution in [2.24, 2.45) is 5.73 Å². The van der Waals surface area contributed by atoms with E-state index in [-0.39, 0.29) is 131 Å². The Morgan fingerprint density at radius 3 is 0.882 bits per heavy atom. The van der Waals surface area contributed by atoms with Crippen LogP contribution in [0.4, 0.5) is 0 Å². The standard InChI is InChI=1S/C88H110Cl6N10O15/c1-99-52-73(70-43-64(89)46-79(92)76(70)55-99)58-4-7-61-49-102(85(108)67(61)40-58)19-25-114-31-37-117-34-28-111-22-16-96-82(105)10-13-88(95,14-11-83(106)97-17-23-112-29-35-118-38-32-115-26-20-103-50-62-8-5-59(41-68(62)86(103)109)74-53-100(2)56-77-71(74)44-65(90)47-80(77)93)15-12-84(107)98-18-24-113-30-36-119-39-33-116-27-21-104-51-63-9-6-60(42-69(63)87(104)110)75-54-101(3)57-78-72(75)45-66(91)48-81(78)94/h4-9,40-48,73-75H,10-39,49-57,95H2,1-3H3,(H,96,105)(H,97,106)(H,98,107). The quantitative estimate of drug-likeness (QED) is 0.0259. The molecule has 644 valence electrons. The summed E-state index contributed by atoms with van der Waals surface area (Å²) in [6, 6.07) is 29.8. The maximum absolute atomic E-state index is 13.6. The fourth-order valence-electron chi connectivity index (χ4n) is 16.4. The number of nitrogens with one attached hydrogen (secondary N) is 3. The third-order valence-corrected chi connectivity index (χ3v) is 24.4. The van der Waals surface area contributed by atoms with Crippen LogP contribution < -0.4 is 21.7 Å². The second kappa shape index (κ2) is 45.1. The maximum atomic E-state index is 13.6. The second-order valence-corrected chi connectivity index (χ2v) is 34.0. The SMILES string of the molecule is CN1Cc2c(Cl)cc(Cl)cc2C(c2ccc3c(c2)C(=O)N(CCOCCOCCOCCNC(=O)CCC(N)(CCC(=O)NCCOCCOCCOCCN2Cc4ccc(C5CN(C)Cc6c(Cl)cc(Cl)cc65)cc4C2=O)CCC(=O)NCCOCCOCCOCCN2Cc4ccc(C5CN(C)Cc6c(Cl)cc(Cl)cc65)cc4C2=O)C3)C1. The molecule has 5 N–H and O–H groups in total. The first-order valence-corrected chi connectivity index (χ1v) is 43.4. The van der Waals surface area contributed by atoms with Crippen molar-refractivity contribution >= 4 is 105 Å². The van der Waals surface area contributed by atoms with Crippen LogP contribution in [0.15, 0.2) is 91.0 Å². The summed E-state index contributed by atoms with van der Waals surface area (Å²) in [6.45, 7) is 13.9. The van der Waals surface area contributed by atoms with Crippen LogP contribution >= 0.6 is 69.6 Å². The van der Waals surface area contributed by atoms with Crippen molar-refractivity contribution in [2.75, 3.05) is 199 Å². The van der Waals surface area contributed by atoms with Gasteiger partial charge in [-0.2, -0.15) is 0 Å². The molecule has 0 spiro atoms. The summed E-state index contributed by atoms with van der Waals surface area (Å²) in [7, 11) is 6.20. The average molecular weight is 1760 g/mol. The molecule has 0 bridgehead atoms. The lowest BCUT2D eigenvalue weighted by Gasteiger charge is -2.33. The van der Waals surface area contributed by atoms with Crippen LogP contribution in [0.5, 0.6) is 0 Å². The zero-order valence-electron chi connectivity index (χ0n) is 68.1. The Bertz CT molecular complexity index is 4070. The van der Waals surface area contributed by atoms with Gasteiger partial charge in [-0.25, -0.2) is 0 Å². The highest BCUT2D eigenvalue weighted by Gasteiger charge is 2.37. The number of likely N-dealkylation sites (N-methyl/N-ethyl adjacent to an activating group) is 3. The summed E-state index contributed by atoms with van der Waals surface area (Å²) in [4.78, 5) is 92.3. The molecule has 6 amide bonds.